The van der Waals surface area contributed by atoms with E-state index in [9.17, 15) is 14.4 Å². The first-order valence-corrected chi connectivity index (χ1v) is 8.10. The number of amides is 1. The van der Waals surface area contributed by atoms with Crippen LogP contribution in [-0.2, 0) is 14.3 Å². The number of nitrogens with two attached hydrogens (primary N) is 1. The second-order valence-corrected chi connectivity index (χ2v) is 6.31. The minimum atomic E-state index is -1.00. The Hall–Kier alpha value is -1.15. The number of ketones is 1. The van der Waals surface area contributed by atoms with Crippen LogP contribution in [0.3, 0.4) is 0 Å². The van der Waals surface area contributed by atoms with Gasteiger partial charge in [0.1, 0.15) is 11.8 Å². The van der Waals surface area contributed by atoms with Crippen molar-refractivity contribution >= 4 is 56.8 Å². The number of halogens is 3. The van der Waals surface area contributed by atoms with Crippen molar-refractivity contribution in [1.29, 1.82) is 0 Å². The van der Waals surface area contributed by atoms with Crippen LogP contribution in [0.4, 0.5) is 0 Å². The van der Waals surface area contributed by atoms with E-state index in [0.29, 0.717) is 4.47 Å². The number of methoxy groups -OCH3 is 1. The van der Waals surface area contributed by atoms with Crippen LogP contribution in [0.25, 0.3) is 0 Å². The summed E-state index contributed by atoms with van der Waals surface area (Å²) in [5, 5.41) is 2.73. The second kappa shape index (κ2) is 9.22. The predicted octanol–water partition coefficient (Wildman–Crippen LogP) is 2.34. The van der Waals surface area contributed by atoms with Crippen molar-refractivity contribution in [3.8, 4) is 0 Å². The standard InChI is InChI=1S/C14H15BrCl2N2O4/c1-23-14(22)11(3-2-8(20)6-18)19-13(21)12-9(16)4-7(15)5-10(12)17/h4-5,11H,2-3,6,18H2,1H3,(H,19,21)/t11-/m0/s1. The number of hydrogen-bond donors (Lipinski definition) is 2. The second-order valence-electron chi connectivity index (χ2n) is 4.58. The Bertz CT molecular complexity index is 602. The fraction of sp³-hybridized carbons (Fsp3) is 0.357. The molecule has 0 saturated carbocycles. The zero-order valence-corrected chi connectivity index (χ0v) is 15.3. The number of ether oxygens (including phenoxy) is 1. The van der Waals surface area contributed by atoms with Gasteiger partial charge >= 0.3 is 5.97 Å². The molecule has 0 aliphatic carbocycles. The zero-order valence-electron chi connectivity index (χ0n) is 12.2. The summed E-state index contributed by atoms with van der Waals surface area (Å²) in [5.74, 6) is -1.54. The van der Waals surface area contributed by atoms with Gasteiger partial charge in [0.2, 0.25) is 0 Å². The van der Waals surface area contributed by atoms with Gasteiger partial charge in [-0.25, -0.2) is 4.79 Å². The van der Waals surface area contributed by atoms with Crippen molar-refractivity contribution < 1.29 is 19.1 Å². The Morgan fingerprint density at radius 2 is 1.87 bits per heavy atom. The Labute approximate surface area is 151 Å². The summed E-state index contributed by atoms with van der Waals surface area (Å²) in [7, 11) is 1.19. The molecule has 0 bridgehead atoms. The number of carbonyl (C=O) groups excluding carboxylic acids is 3. The SMILES string of the molecule is COC(=O)[C@H](CCC(=O)CN)NC(=O)c1c(Cl)cc(Br)cc1Cl. The van der Waals surface area contributed by atoms with Crippen LogP contribution in [0.1, 0.15) is 23.2 Å². The molecule has 126 valence electrons. The Balaban J connectivity index is 2.93. The van der Waals surface area contributed by atoms with E-state index >= 15 is 0 Å². The summed E-state index contributed by atoms with van der Waals surface area (Å²) in [4.78, 5) is 35.4. The molecule has 0 aliphatic rings. The Morgan fingerprint density at radius 3 is 2.35 bits per heavy atom. The molecule has 0 heterocycles. The number of carbonyl (C=O) groups is 3. The van der Waals surface area contributed by atoms with E-state index in [1.165, 1.54) is 19.2 Å². The summed E-state index contributed by atoms with van der Waals surface area (Å²) >= 11 is 15.2. The summed E-state index contributed by atoms with van der Waals surface area (Å²) in [6.45, 7) is -0.133. The lowest BCUT2D eigenvalue weighted by molar-refractivity contribution is -0.143. The largest absolute Gasteiger partial charge is 0.467 e. The van der Waals surface area contributed by atoms with Gasteiger partial charge in [-0.3, -0.25) is 9.59 Å². The van der Waals surface area contributed by atoms with E-state index < -0.39 is 17.9 Å². The highest BCUT2D eigenvalue weighted by Gasteiger charge is 2.25. The van der Waals surface area contributed by atoms with Gasteiger partial charge in [-0.05, 0) is 18.6 Å². The molecule has 0 aliphatic heterocycles. The normalized spacial score (nSPS) is 11.7. The van der Waals surface area contributed by atoms with Crippen molar-refractivity contribution in [2.24, 2.45) is 5.73 Å². The number of esters is 1. The number of rotatable bonds is 7. The zero-order chi connectivity index (χ0) is 17.6. The fourth-order valence-corrected chi connectivity index (χ4v) is 3.17. The molecule has 9 heteroatoms. The molecule has 1 amide bonds. The lowest BCUT2D eigenvalue weighted by Gasteiger charge is -2.17. The Morgan fingerprint density at radius 1 is 1.30 bits per heavy atom. The number of nitrogens with one attached hydrogen (secondary N) is 1. The molecule has 1 aromatic rings. The van der Waals surface area contributed by atoms with Crippen molar-refractivity contribution in [3.63, 3.8) is 0 Å². The highest BCUT2D eigenvalue weighted by atomic mass is 79.9. The van der Waals surface area contributed by atoms with Crippen LogP contribution < -0.4 is 11.1 Å². The first-order chi connectivity index (χ1) is 10.8. The van der Waals surface area contributed by atoms with Crippen molar-refractivity contribution in [2.45, 2.75) is 18.9 Å². The molecule has 0 saturated heterocycles. The van der Waals surface area contributed by atoms with Crippen LogP contribution >= 0.6 is 39.1 Å². The van der Waals surface area contributed by atoms with Crippen molar-refractivity contribution in [1.82, 2.24) is 5.32 Å². The van der Waals surface area contributed by atoms with E-state index in [2.05, 4.69) is 26.0 Å². The van der Waals surface area contributed by atoms with Gasteiger partial charge in [0.05, 0.1) is 29.3 Å². The molecule has 0 unspecified atom stereocenters. The number of Topliss-reactive ketones (excluding diaryl/α,β-unsaturated/α-hetero) is 1. The number of hydrogen-bond acceptors (Lipinski definition) is 5. The molecule has 6 nitrogen and oxygen atoms in total. The van der Waals surface area contributed by atoms with Crippen LogP contribution in [0.2, 0.25) is 10.0 Å². The van der Waals surface area contributed by atoms with Gasteiger partial charge in [0, 0.05) is 10.9 Å². The summed E-state index contributed by atoms with van der Waals surface area (Å²) in [5.41, 5.74) is 5.26. The first-order valence-electron chi connectivity index (χ1n) is 6.55. The van der Waals surface area contributed by atoms with Crippen molar-refractivity contribution in [2.75, 3.05) is 13.7 Å². The number of benzene rings is 1. The summed E-state index contributed by atoms with van der Waals surface area (Å²) in [6, 6.07) is 2.01. The average molecular weight is 426 g/mol. The van der Waals surface area contributed by atoms with Crippen LogP contribution in [0.15, 0.2) is 16.6 Å². The molecule has 0 fully saturated rings. The Kier molecular flexibility index (Phi) is 7.98. The van der Waals surface area contributed by atoms with Gasteiger partial charge in [-0.15, -0.1) is 0 Å². The third-order valence-electron chi connectivity index (χ3n) is 2.96. The molecule has 1 aromatic carbocycles. The van der Waals surface area contributed by atoms with Crippen LogP contribution in [0, 0.1) is 0 Å². The van der Waals surface area contributed by atoms with Gasteiger partial charge in [-0.1, -0.05) is 39.1 Å². The topological polar surface area (TPSA) is 98.5 Å². The van der Waals surface area contributed by atoms with E-state index in [1.807, 2.05) is 0 Å². The molecular weight excluding hydrogens is 411 g/mol. The van der Waals surface area contributed by atoms with E-state index in [4.69, 9.17) is 28.9 Å². The van der Waals surface area contributed by atoms with Crippen LogP contribution in [-0.4, -0.2) is 37.4 Å². The summed E-state index contributed by atoms with van der Waals surface area (Å²) in [6.07, 6.45) is 0.110. The maximum Gasteiger partial charge on any atom is 0.328 e. The molecular formula is C14H15BrCl2N2O4. The average Bonchev–Trinajstić information content (AvgIpc) is 2.49. The molecule has 23 heavy (non-hydrogen) atoms. The lowest BCUT2D eigenvalue weighted by atomic mass is 10.1. The van der Waals surface area contributed by atoms with Gasteiger partial charge in [0.25, 0.3) is 5.91 Å². The monoisotopic (exact) mass is 424 g/mol. The van der Waals surface area contributed by atoms with Crippen molar-refractivity contribution in [3.05, 3.63) is 32.2 Å². The first kappa shape index (κ1) is 19.9. The third kappa shape index (κ3) is 5.76. The fourth-order valence-electron chi connectivity index (χ4n) is 1.79. The molecule has 0 radical (unpaired) electrons. The van der Waals surface area contributed by atoms with Gasteiger partial charge in [0.15, 0.2) is 0 Å². The molecule has 3 N–H and O–H groups in total. The minimum absolute atomic E-state index is 0.0376. The minimum Gasteiger partial charge on any atom is -0.467 e. The van der Waals surface area contributed by atoms with Crippen LogP contribution in [0.5, 0.6) is 0 Å². The maximum absolute atomic E-state index is 12.3. The predicted molar refractivity (Wildman–Crippen MR) is 90.7 cm³/mol. The van der Waals surface area contributed by atoms with Gasteiger partial charge in [-0.2, -0.15) is 0 Å². The maximum atomic E-state index is 12.3. The third-order valence-corrected chi connectivity index (χ3v) is 4.02. The van der Waals surface area contributed by atoms with Gasteiger partial charge < -0.3 is 15.8 Å². The van der Waals surface area contributed by atoms with E-state index in [0.717, 1.165) is 0 Å². The summed E-state index contributed by atoms with van der Waals surface area (Å²) < 4.78 is 5.24. The molecule has 0 spiro atoms. The molecule has 1 rings (SSSR count). The highest BCUT2D eigenvalue weighted by Crippen LogP contribution is 2.29. The lowest BCUT2D eigenvalue weighted by Crippen LogP contribution is -2.42. The van der Waals surface area contributed by atoms with E-state index in [1.54, 1.807) is 0 Å². The smallest absolute Gasteiger partial charge is 0.328 e. The molecule has 0 aromatic heterocycles. The van der Waals surface area contributed by atoms with E-state index in [-0.39, 0.29) is 40.8 Å². The highest BCUT2D eigenvalue weighted by molar-refractivity contribution is 9.10. The quantitative estimate of drug-likeness (QED) is 0.653. The molecule has 1 atom stereocenters.